The molecule has 2 heterocycles. The van der Waals surface area contributed by atoms with Crippen LogP contribution in [0, 0.1) is 12.8 Å². The van der Waals surface area contributed by atoms with E-state index in [-0.39, 0.29) is 12.4 Å². The van der Waals surface area contributed by atoms with Crippen LogP contribution in [0.5, 0.6) is 0 Å². The van der Waals surface area contributed by atoms with Crippen molar-refractivity contribution in [1.29, 1.82) is 0 Å². The molecule has 0 aromatic carbocycles. The molecule has 1 fully saturated rings. The summed E-state index contributed by atoms with van der Waals surface area (Å²) in [6.45, 7) is 1.92. The van der Waals surface area contributed by atoms with Gasteiger partial charge in [-0.15, -0.1) is 0 Å². The van der Waals surface area contributed by atoms with Crippen LogP contribution in [-0.4, -0.2) is 42.0 Å². The highest BCUT2D eigenvalue weighted by molar-refractivity contribution is 7.90. The fourth-order valence-corrected chi connectivity index (χ4v) is 3.21. The van der Waals surface area contributed by atoms with Crippen LogP contribution >= 0.6 is 0 Å². The number of aliphatic carboxylic acids is 1. The van der Waals surface area contributed by atoms with E-state index in [9.17, 15) is 13.2 Å². The minimum Gasteiger partial charge on any atom is -0.481 e. The van der Waals surface area contributed by atoms with Crippen molar-refractivity contribution < 1.29 is 22.8 Å². The number of carboxylic acids is 1. The van der Waals surface area contributed by atoms with Crippen LogP contribution in [0.4, 0.5) is 5.82 Å². The minimum absolute atomic E-state index is 0.0263. The third kappa shape index (κ3) is 3.24. The van der Waals surface area contributed by atoms with E-state index in [0.717, 1.165) is 4.31 Å². The Kier molecular flexibility index (Phi) is 3.76. The first-order valence-corrected chi connectivity index (χ1v) is 7.26. The van der Waals surface area contributed by atoms with Crippen molar-refractivity contribution in [2.24, 2.45) is 5.92 Å². The standard InChI is InChI=1S/C10H15N3O5S/c1-7-5-9(11-18-7)12-19(16,17)13-4-2-3-8(6-13)10(14)15/h5,8H,2-4,6H2,1H3,(H,11,12)(H,14,15). The predicted molar refractivity (Wildman–Crippen MR) is 65.7 cm³/mol. The number of nitrogens with zero attached hydrogens (tertiary/aromatic N) is 2. The molecular formula is C10H15N3O5S. The molecule has 2 N–H and O–H groups in total. The highest BCUT2D eigenvalue weighted by atomic mass is 32.2. The zero-order chi connectivity index (χ0) is 14.0. The SMILES string of the molecule is Cc1cc(NS(=O)(=O)N2CCCC(C(=O)O)C2)no1. The Labute approximate surface area is 110 Å². The Morgan fingerprint density at radius 1 is 1.63 bits per heavy atom. The van der Waals surface area contributed by atoms with Crippen LogP contribution in [0.1, 0.15) is 18.6 Å². The van der Waals surface area contributed by atoms with Gasteiger partial charge in [0.1, 0.15) is 5.76 Å². The number of rotatable bonds is 4. The van der Waals surface area contributed by atoms with Crippen molar-refractivity contribution in [2.75, 3.05) is 17.8 Å². The number of nitrogens with one attached hydrogen (secondary N) is 1. The molecule has 1 atom stereocenters. The summed E-state index contributed by atoms with van der Waals surface area (Å²) in [7, 11) is -3.79. The van der Waals surface area contributed by atoms with Crippen molar-refractivity contribution in [3.8, 4) is 0 Å². The van der Waals surface area contributed by atoms with E-state index in [2.05, 4.69) is 9.88 Å². The van der Waals surface area contributed by atoms with Crippen molar-refractivity contribution in [2.45, 2.75) is 19.8 Å². The molecular weight excluding hydrogens is 274 g/mol. The van der Waals surface area contributed by atoms with Gasteiger partial charge in [-0.3, -0.25) is 9.52 Å². The summed E-state index contributed by atoms with van der Waals surface area (Å²) >= 11 is 0. The normalized spacial score (nSPS) is 21.2. The van der Waals surface area contributed by atoms with Gasteiger partial charge < -0.3 is 9.63 Å². The summed E-state index contributed by atoms with van der Waals surface area (Å²) in [6.07, 6.45) is 1.01. The lowest BCUT2D eigenvalue weighted by Crippen LogP contribution is -2.44. The lowest BCUT2D eigenvalue weighted by Gasteiger charge is -2.29. The van der Waals surface area contributed by atoms with Crippen LogP contribution in [0.15, 0.2) is 10.6 Å². The molecule has 2 rings (SSSR count). The average Bonchev–Trinajstić information content (AvgIpc) is 2.74. The summed E-state index contributed by atoms with van der Waals surface area (Å²) in [5.74, 6) is -1.06. The first kappa shape index (κ1) is 13.8. The first-order valence-electron chi connectivity index (χ1n) is 5.82. The smallest absolute Gasteiger partial charge is 0.307 e. The van der Waals surface area contributed by atoms with Crippen molar-refractivity contribution in [1.82, 2.24) is 9.46 Å². The number of hydrogen-bond acceptors (Lipinski definition) is 5. The molecule has 0 spiro atoms. The van der Waals surface area contributed by atoms with Crippen LogP contribution in [0.25, 0.3) is 0 Å². The Morgan fingerprint density at radius 3 is 2.95 bits per heavy atom. The van der Waals surface area contributed by atoms with Gasteiger partial charge >= 0.3 is 16.2 Å². The topological polar surface area (TPSA) is 113 Å². The quantitative estimate of drug-likeness (QED) is 0.831. The maximum atomic E-state index is 12.1. The zero-order valence-electron chi connectivity index (χ0n) is 10.4. The molecule has 1 aromatic heterocycles. The summed E-state index contributed by atoms with van der Waals surface area (Å²) in [4.78, 5) is 10.9. The Morgan fingerprint density at radius 2 is 2.37 bits per heavy atom. The number of aromatic nitrogens is 1. The predicted octanol–water partition coefficient (Wildman–Crippen LogP) is 0.436. The lowest BCUT2D eigenvalue weighted by molar-refractivity contribution is -0.142. The van der Waals surface area contributed by atoms with Gasteiger partial charge in [-0.2, -0.15) is 12.7 Å². The molecule has 0 amide bonds. The number of carboxylic acid groups (broad SMARTS) is 1. The van der Waals surface area contributed by atoms with Gasteiger partial charge in [0.15, 0.2) is 5.82 Å². The van der Waals surface area contributed by atoms with Gasteiger partial charge in [-0.1, -0.05) is 5.16 Å². The first-order chi connectivity index (χ1) is 8.88. The van der Waals surface area contributed by atoms with E-state index >= 15 is 0 Å². The number of hydrogen-bond donors (Lipinski definition) is 2. The van der Waals surface area contributed by atoms with Gasteiger partial charge in [0.05, 0.1) is 5.92 Å². The van der Waals surface area contributed by atoms with E-state index in [4.69, 9.17) is 9.63 Å². The van der Waals surface area contributed by atoms with Gasteiger partial charge in [-0.05, 0) is 19.8 Å². The third-order valence-corrected chi connectivity index (χ3v) is 4.41. The number of anilines is 1. The van der Waals surface area contributed by atoms with E-state index < -0.39 is 22.1 Å². The molecule has 1 aliphatic heterocycles. The highest BCUT2D eigenvalue weighted by Crippen LogP contribution is 2.20. The third-order valence-electron chi connectivity index (χ3n) is 2.93. The highest BCUT2D eigenvalue weighted by Gasteiger charge is 2.32. The summed E-state index contributed by atoms with van der Waals surface area (Å²) < 4.78 is 32.3. The van der Waals surface area contributed by atoms with E-state index in [1.54, 1.807) is 6.92 Å². The van der Waals surface area contributed by atoms with Crippen molar-refractivity contribution in [3.05, 3.63) is 11.8 Å². The number of piperidine rings is 1. The van der Waals surface area contributed by atoms with Crippen LogP contribution in [-0.2, 0) is 15.0 Å². The van der Waals surface area contributed by atoms with Crippen molar-refractivity contribution in [3.63, 3.8) is 0 Å². The Bertz CT molecular complexity index is 567. The van der Waals surface area contributed by atoms with Crippen LogP contribution < -0.4 is 4.72 Å². The maximum Gasteiger partial charge on any atom is 0.307 e. The molecule has 1 saturated heterocycles. The molecule has 19 heavy (non-hydrogen) atoms. The van der Waals surface area contributed by atoms with Gasteiger partial charge in [0.25, 0.3) is 0 Å². The zero-order valence-corrected chi connectivity index (χ0v) is 11.2. The molecule has 0 saturated carbocycles. The van der Waals surface area contributed by atoms with Gasteiger partial charge in [0, 0.05) is 19.2 Å². The molecule has 0 aliphatic carbocycles. The van der Waals surface area contributed by atoms with E-state index in [1.165, 1.54) is 6.07 Å². The second kappa shape index (κ2) is 5.17. The number of carbonyl (C=O) groups is 1. The Balaban J connectivity index is 2.08. The molecule has 1 unspecified atom stereocenters. The average molecular weight is 289 g/mol. The lowest BCUT2D eigenvalue weighted by atomic mass is 10.0. The van der Waals surface area contributed by atoms with Gasteiger partial charge in [0.2, 0.25) is 0 Å². The maximum absolute atomic E-state index is 12.1. The molecule has 9 heteroatoms. The molecule has 1 aromatic rings. The second-order valence-corrected chi connectivity index (χ2v) is 6.14. The van der Waals surface area contributed by atoms with E-state index in [1.807, 2.05) is 0 Å². The molecule has 106 valence electrons. The number of aryl methyl sites for hydroxylation is 1. The largest absolute Gasteiger partial charge is 0.481 e. The summed E-state index contributed by atoms with van der Waals surface area (Å²) in [5.41, 5.74) is 0. The van der Waals surface area contributed by atoms with Gasteiger partial charge in [-0.25, -0.2) is 0 Å². The van der Waals surface area contributed by atoms with Crippen molar-refractivity contribution >= 4 is 22.0 Å². The monoisotopic (exact) mass is 289 g/mol. The second-order valence-electron chi connectivity index (χ2n) is 4.47. The summed E-state index contributed by atoms with van der Waals surface area (Å²) in [5, 5.41) is 12.5. The fourth-order valence-electron chi connectivity index (χ4n) is 1.97. The minimum atomic E-state index is -3.79. The van der Waals surface area contributed by atoms with Crippen LogP contribution in [0.3, 0.4) is 0 Å². The molecule has 1 aliphatic rings. The van der Waals surface area contributed by atoms with Crippen LogP contribution in [0.2, 0.25) is 0 Å². The van der Waals surface area contributed by atoms with E-state index in [0.29, 0.717) is 25.1 Å². The Hall–Kier alpha value is -1.61. The molecule has 8 nitrogen and oxygen atoms in total. The summed E-state index contributed by atoms with van der Waals surface area (Å²) in [6, 6.07) is 1.45. The molecule has 0 bridgehead atoms. The molecule has 0 radical (unpaired) electrons. The fraction of sp³-hybridized carbons (Fsp3) is 0.600.